The maximum absolute atomic E-state index is 13.4. The van der Waals surface area contributed by atoms with Crippen LogP contribution in [0.25, 0.3) is 0 Å². The minimum atomic E-state index is -0.766. The first-order valence-corrected chi connectivity index (χ1v) is 5.14. The van der Waals surface area contributed by atoms with Gasteiger partial charge < -0.3 is 9.47 Å². The minimum Gasteiger partial charge on any atom is -0.346 e. The molecular weight excluding hydrogens is 305 g/mol. The van der Waals surface area contributed by atoms with Crippen LogP contribution in [-0.4, -0.2) is 13.2 Å². The van der Waals surface area contributed by atoms with Crippen molar-refractivity contribution in [3.05, 3.63) is 32.9 Å². The van der Waals surface area contributed by atoms with Gasteiger partial charge in [-0.3, -0.25) is 0 Å². The molecule has 0 amide bonds. The maximum atomic E-state index is 13.4. The highest BCUT2D eigenvalue weighted by molar-refractivity contribution is 14.1. The summed E-state index contributed by atoms with van der Waals surface area (Å²) in [5.41, 5.74) is 0.156. The maximum Gasteiger partial charge on any atom is 0.187 e. The van der Waals surface area contributed by atoms with E-state index in [9.17, 15) is 8.78 Å². The predicted molar refractivity (Wildman–Crippen MR) is 53.7 cm³/mol. The summed E-state index contributed by atoms with van der Waals surface area (Å²) in [5.74, 6) is -0.955. The highest BCUT2D eigenvalue weighted by atomic mass is 127. The lowest BCUT2D eigenvalue weighted by atomic mass is 10.2. The Bertz CT molecular complexity index is 351. The molecule has 0 atom stereocenters. The lowest BCUT2D eigenvalue weighted by molar-refractivity contribution is -0.0473. The normalized spacial score (nSPS) is 17.6. The molecule has 0 N–H and O–H groups in total. The summed E-state index contributed by atoms with van der Waals surface area (Å²) in [5, 5.41) is 0. The van der Waals surface area contributed by atoms with E-state index in [1.165, 1.54) is 0 Å². The van der Waals surface area contributed by atoms with Gasteiger partial charge in [0, 0.05) is 0 Å². The molecule has 1 heterocycles. The second kappa shape index (κ2) is 4.08. The topological polar surface area (TPSA) is 18.5 Å². The Morgan fingerprint density at radius 1 is 1.14 bits per heavy atom. The van der Waals surface area contributed by atoms with Gasteiger partial charge in [0.2, 0.25) is 0 Å². The molecule has 0 spiro atoms. The molecule has 5 heteroatoms. The second-order valence-electron chi connectivity index (χ2n) is 2.83. The quantitative estimate of drug-likeness (QED) is 0.586. The molecule has 0 aromatic heterocycles. The van der Waals surface area contributed by atoms with Gasteiger partial charge in [-0.05, 0) is 34.7 Å². The van der Waals surface area contributed by atoms with Crippen LogP contribution < -0.4 is 0 Å². The third kappa shape index (κ3) is 1.76. The van der Waals surface area contributed by atoms with E-state index in [1.54, 1.807) is 22.6 Å². The van der Waals surface area contributed by atoms with Crippen molar-refractivity contribution in [2.75, 3.05) is 13.2 Å². The Labute approximate surface area is 93.3 Å². The Morgan fingerprint density at radius 3 is 2.36 bits per heavy atom. The van der Waals surface area contributed by atoms with Gasteiger partial charge in [-0.1, -0.05) is 0 Å². The molecule has 1 aliphatic rings. The van der Waals surface area contributed by atoms with Crippen LogP contribution in [0.4, 0.5) is 8.78 Å². The molecule has 0 bridgehead atoms. The summed E-state index contributed by atoms with van der Waals surface area (Å²) in [6.07, 6.45) is -0.766. The number of ether oxygens (including phenoxy) is 2. The van der Waals surface area contributed by atoms with E-state index in [0.29, 0.717) is 13.2 Å². The first-order chi connectivity index (χ1) is 6.70. The van der Waals surface area contributed by atoms with Gasteiger partial charge in [-0.15, -0.1) is 0 Å². The molecule has 76 valence electrons. The van der Waals surface area contributed by atoms with Crippen LogP contribution in [0.2, 0.25) is 0 Å². The summed E-state index contributed by atoms with van der Waals surface area (Å²) in [4.78, 5) is 0. The fourth-order valence-electron chi connectivity index (χ4n) is 1.28. The SMILES string of the molecule is Fc1ccc(F)c(C2OCCO2)c1I. The van der Waals surface area contributed by atoms with Crippen molar-refractivity contribution in [2.24, 2.45) is 0 Å². The van der Waals surface area contributed by atoms with Gasteiger partial charge >= 0.3 is 0 Å². The summed E-state index contributed by atoms with van der Waals surface area (Å²) in [6.45, 7) is 0.827. The molecule has 1 fully saturated rings. The van der Waals surface area contributed by atoms with E-state index in [2.05, 4.69) is 0 Å². The number of hydrogen-bond donors (Lipinski definition) is 0. The molecule has 1 saturated heterocycles. The largest absolute Gasteiger partial charge is 0.346 e. The van der Waals surface area contributed by atoms with Crippen molar-refractivity contribution < 1.29 is 18.3 Å². The minimum absolute atomic E-state index is 0.156. The zero-order chi connectivity index (χ0) is 10.1. The summed E-state index contributed by atoms with van der Waals surface area (Å²) in [6, 6.07) is 2.17. The first-order valence-electron chi connectivity index (χ1n) is 4.07. The van der Waals surface area contributed by atoms with E-state index >= 15 is 0 Å². The molecular formula is C9H7F2IO2. The summed E-state index contributed by atoms with van der Waals surface area (Å²) < 4.78 is 36.9. The van der Waals surface area contributed by atoms with E-state index in [-0.39, 0.29) is 9.13 Å². The van der Waals surface area contributed by atoms with E-state index in [1.807, 2.05) is 0 Å². The molecule has 1 aromatic rings. The van der Waals surface area contributed by atoms with Gasteiger partial charge in [0.25, 0.3) is 0 Å². The van der Waals surface area contributed by atoms with Crippen molar-refractivity contribution in [2.45, 2.75) is 6.29 Å². The van der Waals surface area contributed by atoms with Gasteiger partial charge in [-0.25, -0.2) is 8.78 Å². The van der Waals surface area contributed by atoms with Crippen LogP contribution in [0.5, 0.6) is 0 Å². The monoisotopic (exact) mass is 312 g/mol. The molecule has 2 nitrogen and oxygen atoms in total. The van der Waals surface area contributed by atoms with Crippen LogP contribution >= 0.6 is 22.6 Å². The highest BCUT2D eigenvalue weighted by Gasteiger charge is 2.25. The lowest BCUT2D eigenvalue weighted by Crippen LogP contribution is -2.05. The third-order valence-corrected chi connectivity index (χ3v) is 3.03. The molecule has 0 unspecified atom stereocenters. The third-order valence-electron chi connectivity index (χ3n) is 1.94. The van der Waals surface area contributed by atoms with Crippen LogP contribution in [0, 0.1) is 15.2 Å². The first kappa shape index (κ1) is 10.3. The van der Waals surface area contributed by atoms with Crippen LogP contribution in [0.3, 0.4) is 0 Å². The zero-order valence-corrected chi connectivity index (χ0v) is 9.25. The van der Waals surface area contributed by atoms with E-state index < -0.39 is 17.9 Å². The van der Waals surface area contributed by atoms with Gasteiger partial charge in [0.1, 0.15) is 11.6 Å². The lowest BCUT2D eigenvalue weighted by Gasteiger charge is -2.12. The van der Waals surface area contributed by atoms with Crippen molar-refractivity contribution >= 4 is 22.6 Å². The van der Waals surface area contributed by atoms with Gasteiger partial charge in [0.15, 0.2) is 6.29 Å². The average Bonchev–Trinajstić information content (AvgIpc) is 2.65. The molecule has 2 rings (SSSR count). The second-order valence-corrected chi connectivity index (χ2v) is 3.91. The summed E-state index contributed by atoms with van der Waals surface area (Å²) in [7, 11) is 0. The fourth-order valence-corrected chi connectivity index (χ4v) is 1.98. The number of hydrogen-bond acceptors (Lipinski definition) is 2. The van der Waals surface area contributed by atoms with Crippen LogP contribution in [-0.2, 0) is 9.47 Å². The van der Waals surface area contributed by atoms with Crippen molar-refractivity contribution in [3.63, 3.8) is 0 Å². The van der Waals surface area contributed by atoms with Crippen molar-refractivity contribution in [1.29, 1.82) is 0 Å². The van der Waals surface area contributed by atoms with Crippen LogP contribution in [0.15, 0.2) is 12.1 Å². The van der Waals surface area contributed by atoms with Crippen molar-refractivity contribution in [1.82, 2.24) is 0 Å². The highest BCUT2D eigenvalue weighted by Crippen LogP contribution is 2.30. The predicted octanol–water partition coefficient (Wildman–Crippen LogP) is 2.61. The molecule has 1 aliphatic heterocycles. The molecule has 0 radical (unpaired) electrons. The van der Waals surface area contributed by atoms with E-state index in [0.717, 1.165) is 12.1 Å². The zero-order valence-electron chi connectivity index (χ0n) is 7.10. The molecule has 0 aliphatic carbocycles. The van der Waals surface area contributed by atoms with E-state index in [4.69, 9.17) is 9.47 Å². The Morgan fingerprint density at radius 2 is 1.71 bits per heavy atom. The Kier molecular flexibility index (Phi) is 2.99. The number of benzene rings is 1. The molecule has 1 aromatic carbocycles. The van der Waals surface area contributed by atoms with Gasteiger partial charge in [-0.2, -0.15) is 0 Å². The Hall–Kier alpha value is -0.270. The molecule has 0 saturated carbocycles. The number of rotatable bonds is 1. The standard InChI is InChI=1S/C9H7F2IO2/c10-5-1-2-6(11)8(12)7(5)9-13-3-4-14-9/h1-2,9H,3-4H2. The van der Waals surface area contributed by atoms with Gasteiger partial charge in [0.05, 0.1) is 22.3 Å². The fraction of sp³-hybridized carbons (Fsp3) is 0.333. The van der Waals surface area contributed by atoms with Crippen LogP contribution in [0.1, 0.15) is 11.9 Å². The molecule has 14 heavy (non-hydrogen) atoms. The smallest absolute Gasteiger partial charge is 0.187 e. The Balaban J connectivity index is 2.44. The average molecular weight is 312 g/mol. The summed E-state index contributed by atoms with van der Waals surface area (Å²) >= 11 is 1.75. The number of halogens is 3. The van der Waals surface area contributed by atoms with Crippen molar-refractivity contribution in [3.8, 4) is 0 Å².